The second kappa shape index (κ2) is 7.73. The highest BCUT2D eigenvalue weighted by Crippen LogP contribution is 2.21. The fourth-order valence-electron chi connectivity index (χ4n) is 1.89. The number of benzene rings is 2. The van der Waals surface area contributed by atoms with Crippen molar-refractivity contribution in [1.29, 1.82) is 0 Å². The van der Waals surface area contributed by atoms with Gasteiger partial charge in [-0.2, -0.15) is 5.10 Å². The van der Waals surface area contributed by atoms with Gasteiger partial charge in [0.2, 0.25) is 0 Å². The Morgan fingerprint density at radius 1 is 1.17 bits per heavy atom. The molecular weight excluding hydrogens is 314 g/mol. The first kappa shape index (κ1) is 16.9. The number of nitro benzene ring substituents is 1. The van der Waals surface area contributed by atoms with Crippen LogP contribution in [0.5, 0.6) is 11.5 Å². The fourth-order valence-corrected chi connectivity index (χ4v) is 1.89. The molecule has 0 unspecified atom stereocenters. The lowest BCUT2D eigenvalue weighted by Crippen LogP contribution is -2.17. The number of amides is 1. The second-order valence-corrected chi connectivity index (χ2v) is 4.65. The number of hydrogen-bond acceptors (Lipinski definition) is 6. The number of hydrazone groups is 1. The fraction of sp³-hybridized carbons (Fsp3) is 0.125. The quantitative estimate of drug-likeness (QED) is 0.498. The third kappa shape index (κ3) is 4.29. The molecule has 1 N–H and O–H groups in total. The minimum atomic E-state index is -0.567. The van der Waals surface area contributed by atoms with Crippen LogP contribution in [0.3, 0.4) is 0 Å². The molecule has 0 aromatic heterocycles. The molecule has 8 nitrogen and oxygen atoms in total. The third-order valence-electron chi connectivity index (χ3n) is 3.07. The van der Waals surface area contributed by atoms with Crippen molar-refractivity contribution in [2.75, 3.05) is 14.2 Å². The summed E-state index contributed by atoms with van der Waals surface area (Å²) in [5, 5.41) is 14.6. The standard InChI is InChI=1S/C16H15N3O5/c1-23-14-6-11(7-15(9-14)24-2)10-17-18-16(20)12-4-3-5-13(8-12)19(21)22/h3-10H,1-2H3,(H,18,20)/b17-10+. The maximum Gasteiger partial charge on any atom is 0.271 e. The van der Waals surface area contributed by atoms with Gasteiger partial charge in [0, 0.05) is 29.3 Å². The van der Waals surface area contributed by atoms with E-state index in [2.05, 4.69) is 10.5 Å². The number of hydrogen-bond donors (Lipinski definition) is 1. The van der Waals surface area contributed by atoms with E-state index >= 15 is 0 Å². The molecule has 0 fully saturated rings. The van der Waals surface area contributed by atoms with E-state index in [0.717, 1.165) is 0 Å². The number of rotatable bonds is 6. The van der Waals surface area contributed by atoms with Crippen molar-refractivity contribution in [3.63, 3.8) is 0 Å². The van der Waals surface area contributed by atoms with Gasteiger partial charge in [-0.05, 0) is 18.2 Å². The second-order valence-electron chi connectivity index (χ2n) is 4.65. The summed E-state index contributed by atoms with van der Waals surface area (Å²) >= 11 is 0. The summed E-state index contributed by atoms with van der Waals surface area (Å²) < 4.78 is 10.3. The van der Waals surface area contributed by atoms with Gasteiger partial charge < -0.3 is 9.47 Å². The Morgan fingerprint density at radius 2 is 1.83 bits per heavy atom. The van der Waals surface area contributed by atoms with E-state index in [-0.39, 0.29) is 11.3 Å². The summed E-state index contributed by atoms with van der Waals surface area (Å²) in [5.74, 6) is 0.617. The van der Waals surface area contributed by atoms with Crippen molar-refractivity contribution < 1.29 is 19.2 Å². The molecule has 0 saturated heterocycles. The van der Waals surface area contributed by atoms with E-state index in [1.54, 1.807) is 18.2 Å². The van der Waals surface area contributed by atoms with Crippen LogP contribution in [0.1, 0.15) is 15.9 Å². The Kier molecular flexibility index (Phi) is 5.45. The molecule has 2 aromatic carbocycles. The normalized spacial score (nSPS) is 10.4. The van der Waals surface area contributed by atoms with Crippen molar-refractivity contribution in [2.24, 2.45) is 5.10 Å². The van der Waals surface area contributed by atoms with Crippen LogP contribution in [-0.4, -0.2) is 31.3 Å². The molecule has 0 aliphatic carbocycles. The molecule has 0 spiro atoms. The Hall–Kier alpha value is -3.42. The van der Waals surface area contributed by atoms with Gasteiger partial charge >= 0.3 is 0 Å². The summed E-state index contributed by atoms with van der Waals surface area (Å²) in [5.41, 5.74) is 2.95. The van der Waals surface area contributed by atoms with E-state index < -0.39 is 10.8 Å². The monoisotopic (exact) mass is 329 g/mol. The van der Waals surface area contributed by atoms with Gasteiger partial charge in [-0.15, -0.1) is 0 Å². The Balaban J connectivity index is 2.10. The molecule has 124 valence electrons. The van der Waals surface area contributed by atoms with Crippen LogP contribution in [0.25, 0.3) is 0 Å². The molecule has 0 radical (unpaired) electrons. The van der Waals surface area contributed by atoms with E-state index in [1.807, 2.05) is 0 Å². The van der Waals surface area contributed by atoms with Crippen LogP contribution >= 0.6 is 0 Å². The number of nitro groups is 1. The zero-order chi connectivity index (χ0) is 17.5. The van der Waals surface area contributed by atoms with Crippen LogP contribution in [0.15, 0.2) is 47.6 Å². The highest BCUT2D eigenvalue weighted by molar-refractivity contribution is 5.95. The Bertz CT molecular complexity index is 767. The highest BCUT2D eigenvalue weighted by atomic mass is 16.6. The van der Waals surface area contributed by atoms with Crippen LogP contribution in [0, 0.1) is 10.1 Å². The molecule has 0 bridgehead atoms. The summed E-state index contributed by atoms with van der Waals surface area (Å²) in [4.78, 5) is 22.1. The molecule has 1 amide bonds. The molecule has 2 aromatic rings. The van der Waals surface area contributed by atoms with E-state index in [1.165, 1.54) is 44.7 Å². The van der Waals surface area contributed by atoms with Gasteiger partial charge in [0.25, 0.3) is 11.6 Å². The minimum absolute atomic E-state index is 0.143. The van der Waals surface area contributed by atoms with Gasteiger partial charge in [-0.25, -0.2) is 5.43 Å². The van der Waals surface area contributed by atoms with E-state index in [0.29, 0.717) is 17.1 Å². The number of ether oxygens (including phenoxy) is 2. The van der Waals surface area contributed by atoms with Gasteiger partial charge in [0.05, 0.1) is 25.4 Å². The summed E-state index contributed by atoms with van der Waals surface area (Å²) in [7, 11) is 3.06. The highest BCUT2D eigenvalue weighted by Gasteiger charge is 2.10. The number of nitrogens with zero attached hydrogens (tertiary/aromatic N) is 2. The first-order valence-electron chi connectivity index (χ1n) is 6.84. The number of non-ortho nitro benzene ring substituents is 1. The number of methoxy groups -OCH3 is 2. The zero-order valence-electron chi connectivity index (χ0n) is 13.1. The van der Waals surface area contributed by atoms with Crippen molar-refractivity contribution in [3.8, 4) is 11.5 Å². The van der Waals surface area contributed by atoms with E-state index in [4.69, 9.17) is 9.47 Å². The number of nitrogens with one attached hydrogen (secondary N) is 1. The topological polar surface area (TPSA) is 103 Å². The van der Waals surface area contributed by atoms with Gasteiger partial charge in [-0.1, -0.05) is 6.07 Å². The van der Waals surface area contributed by atoms with Crippen molar-refractivity contribution in [1.82, 2.24) is 5.43 Å². The molecule has 0 heterocycles. The molecule has 0 atom stereocenters. The van der Waals surface area contributed by atoms with Crippen LogP contribution < -0.4 is 14.9 Å². The van der Waals surface area contributed by atoms with Crippen LogP contribution in [0.2, 0.25) is 0 Å². The average molecular weight is 329 g/mol. The largest absolute Gasteiger partial charge is 0.497 e. The lowest BCUT2D eigenvalue weighted by Gasteiger charge is -2.05. The smallest absolute Gasteiger partial charge is 0.271 e. The summed E-state index contributed by atoms with van der Waals surface area (Å²) in [6.07, 6.45) is 1.42. The first-order chi connectivity index (χ1) is 11.5. The molecule has 0 aliphatic heterocycles. The van der Waals surface area contributed by atoms with Crippen molar-refractivity contribution >= 4 is 17.8 Å². The van der Waals surface area contributed by atoms with Gasteiger partial charge in [-0.3, -0.25) is 14.9 Å². The molecule has 0 saturated carbocycles. The van der Waals surface area contributed by atoms with Crippen LogP contribution in [-0.2, 0) is 0 Å². The predicted molar refractivity (Wildman–Crippen MR) is 87.7 cm³/mol. The minimum Gasteiger partial charge on any atom is -0.497 e. The molecule has 0 aliphatic rings. The lowest BCUT2D eigenvalue weighted by molar-refractivity contribution is -0.384. The molecule has 24 heavy (non-hydrogen) atoms. The number of carbonyl (C=O) groups is 1. The summed E-state index contributed by atoms with van der Waals surface area (Å²) in [6.45, 7) is 0. The predicted octanol–water partition coefficient (Wildman–Crippen LogP) is 2.38. The number of carbonyl (C=O) groups excluding carboxylic acids is 1. The Morgan fingerprint density at radius 3 is 2.42 bits per heavy atom. The molecule has 2 rings (SSSR count). The van der Waals surface area contributed by atoms with Crippen LogP contribution in [0.4, 0.5) is 5.69 Å². The van der Waals surface area contributed by atoms with Crippen molar-refractivity contribution in [3.05, 3.63) is 63.7 Å². The van der Waals surface area contributed by atoms with E-state index in [9.17, 15) is 14.9 Å². The SMILES string of the molecule is COc1cc(/C=N/NC(=O)c2cccc([N+](=O)[O-])c2)cc(OC)c1. The lowest BCUT2D eigenvalue weighted by atomic mass is 10.2. The Labute approximate surface area is 137 Å². The third-order valence-corrected chi connectivity index (χ3v) is 3.07. The molecular formula is C16H15N3O5. The maximum atomic E-state index is 12.0. The first-order valence-corrected chi connectivity index (χ1v) is 6.84. The maximum absolute atomic E-state index is 12.0. The molecule has 8 heteroatoms. The zero-order valence-corrected chi connectivity index (χ0v) is 13.1. The van der Waals surface area contributed by atoms with Crippen molar-refractivity contribution in [2.45, 2.75) is 0 Å². The average Bonchev–Trinajstić information content (AvgIpc) is 2.61. The van der Waals surface area contributed by atoms with Gasteiger partial charge in [0.1, 0.15) is 11.5 Å². The van der Waals surface area contributed by atoms with Gasteiger partial charge in [0.15, 0.2) is 0 Å². The summed E-state index contributed by atoms with van der Waals surface area (Å²) in [6, 6.07) is 10.5.